The lowest BCUT2D eigenvalue weighted by Gasteiger charge is -2.49. The van der Waals surface area contributed by atoms with Gasteiger partial charge >= 0.3 is 0 Å². The fourth-order valence-electron chi connectivity index (χ4n) is 3.37. The van der Waals surface area contributed by atoms with Gasteiger partial charge in [-0.25, -0.2) is 0 Å². The number of rotatable bonds is 5. The van der Waals surface area contributed by atoms with E-state index in [0.717, 1.165) is 23.7 Å². The van der Waals surface area contributed by atoms with Crippen molar-refractivity contribution in [2.75, 3.05) is 19.8 Å². The van der Waals surface area contributed by atoms with Gasteiger partial charge in [-0.1, -0.05) is 35.4 Å². The topological polar surface area (TPSA) is 59.1 Å². The Morgan fingerprint density at radius 2 is 2.37 bits per heavy atom. The predicted octanol–water partition coefficient (Wildman–Crippen LogP) is 1.80. The molecule has 2 bridgehead atoms. The van der Waals surface area contributed by atoms with Crippen molar-refractivity contribution in [2.24, 2.45) is 11.3 Å². The molecule has 4 atom stereocenters. The smallest absolute Gasteiger partial charge is 0.182 e. The van der Waals surface area contributed by atoms with Crippen molar-refractivity contribution in [3.63, 3.8) is 0 Å². The van der Waals surface area contributed by atoms with E-state index in [0.29, 0.717) is 13.2 Å². The number of halogens is 1. The molecule has 0 radical (unpaired) electrons. The number of unbranched alkanes of at least 4 members (excludes halogenated alkanes) is 1. The normalized spacial score (nSPS) is 43.7. The van der Waals surface area contributed by atoms with Crippen molar-refractivity contribution in [2.45, 2.75) is 37.9 Å². The SMILES string of the molecule is CCCCOC1CC2C(Br)=CC1(CO)C(=O)[C@]21CO1. The molecule has 106 valence electrons. The van der Waals surface area contributed by atoms with Gasteiger partial charge in [0, 0.05) is 12.5 Å². The molecule has 0 aromatic rings. The molecule has 0 aromatic heterocycles. The lowest BCUT2D eigenvalue weighted by Crippen LogP contribution is -2.62. The summed E-state index contributed by atoms with van der Waals surface area (Å²) in [6.45, 7) is 3.01. The highest BCUT2D eigenvalue weighted by Gasteiger charge is 2.71. The van der Waals surface area contributed by atoms with E-state index in [1.165, 1.54) is 0 Å². The van der Waals surface area contributed by atoms with Crippen molar-refractivity contribution in [3.05, 3.63) is 10.6 Å². The summed E-state index contributed by atoms with van der Waals surface area (Å²) in [7, 11) is 0. The molecular weight excluding hydrogens is 312 g/mol. The Labute approximate surface area is 121 Å². The third-order valence-corrected chi connectivity index (χ3v) is 5.44. The molecule has 19 heavy (non-hydrogen) atoms. The van der Waals surface area contributed by atoms with Gasteiger partial charge in [0.1, 0.15) is 5.41 Å². The molecule has 2 fully saturated rings. The van der Waals surface area contributed by atoms with E-state index in [1.807, 2.05) is 6.08 Å². The van der Waals surface area contributed by atoms with E-state index in [4.69, 9.17) is 9.47 Å². The van der Waals surface area contributed by atoms with Crippen LogP contribution in [0.25, 0.3) is 0 Å². The minimum atomic E-state index is -0.919. The van der Waals surface area contributed by atoms with Crippen LogP contribution in [0.15, 0.2) is 10.6 Å². The molecule has 4 aliphatic rings. The third kappa shape index (κ3) is 1.78. The Morgan fingerprint density at radius 3 is 2.95 bits per heavy atom. The summed E-state index contributed by atoms with van der Waals surface area (Å²) in [5.41, 5.74) is -1.60. The quantitative estimate of drug-likeness (QED) is 0.616. The molecule has 1 N–H and O–H groups in total. The second kappa shape index (κ2) is 4.65. The Balaban J connectivity index is 1.89. The molecule has 4 nitrogen and oxygen atoms in total. The monoisotopic (exact) mass is 330 g/mol. The number of carbonyl (C=O) groups is 1. The van der Waals surface area contributed by atoms with Crippen LogP contribution < -0.4 is 0 Å². The van der Waals surface area contributed by atoms with Crippen LogP contribution in [0.4, 0.5) is 0 Å². The maximum Gasteiger partial charge on any atom is 0.182 e. The Morgan fingerprint density at radius 1 is 1.63 bits per heavy atom. The molecule has 3 aliphatic carbocycles. The minimum absolute atomic E-state index is 0.00319. The van der Waals surface area contributed by atoms with Crippen LogP contribution in [0.5, 0.6) is 0 Å². The first-order valence-electron chi connectivity index (χ1n) is 6.90. The summed E-state index contributed by atoms with van der Waals surface area (Å²) in [6.07, 6.45) is 4.41. The van der Waals surface area contributed by atoms with Crippen LogP contribution in [0, 0.1) is 11.3 Å². The number of epoxide rings is 1. The van der Waals surface area contributed by atoms with Crippen molar-refractivity contribution in [3.8, 4) is 0 Å². The van der Waals surface area contributed by atoms with E-state index >= 15 is 0 Å². The van der Waals surface area contributed by atoms with Gasteiger partial charge in [0.2, 0.25) is 0 Å². The average molecular weight is 331 g/mol. The van der Waals surface area contributed by atoms with E-state index in [9.17, 15) is 9.90 Å². The Hall–Kier alpha value is -0.230. The predicted molar refractivity (Wildman–Crippen MR) is 73.0 cm³/mol. The molecule has 1 saturated heterocycles. The van der Waals surface area contributed by atoms with Gasteiger partial charge in [0.15, 0.2) is 11.4 Å². The highest BCUT2D eigenvalue weighted by atomic mass is 79.9. The molecule has 1 heterocycles. The van der Waals surface area contributed by atoms with Gasteiger partial charge in [-0.15, -0.1) is 0 Å². The highest BCUT2D eigenvalue weighted by molar-refractivity contribution is 9.11. The van der Waals surface area contributed by atoms with Crippen LogP contribution >= 0.6 is 15.9 Å². The second-order valence-corrected chi connectivity index (χ2v) is 6.65. The van der Waals surface area contributed by atoms with E-state index in [2.05, 4.69) is 22.9 Å². The molecule has 4 rings (SSSR count). The summed E-state index contributed by atoms with van der Waals surface area (Å²) in [4.78, 5) is 12.7. The number of fused-ring (bicyclic) bond motifs is 1. The van der Waals surface area contributed by atoms with Gasteiger partial charge in [0.05, 0.1) is 19.3 Å². The summed E-state index contributed by atoms with van der Waals surface area (Å²) in [5.74, 6) is 0.0588. The van der Waals surface area contributed by atoms with Crippen LogP contribution in [-0.2, 0) is 14.3 Å². The number of hydrogen-bond donors (Lipinski definition) is 1. The first-order chi connectivity index (χ1) is 9.10. The number of carbonyl (C=O) groups excluding carboxylic acids is 1. The lowest BCUT2D eigenvalue weighted by atomic mass is 9.58. The number of ketones is 1. The van der Waals surface area contributed by atoms with Gasteiger partial charge in [-0.05, 0) is 17.3 Å². The first-order valence-corrected chi connectivity index (χ1v) is 7.69. The maximum atomic E-state index is 12.7. The van der Waals surface area contributed by atoms with Crippen molar-refractivity contribution in [1.29, 1.82) is 0 Å². The zero-order chi connectivity index (χ0) is 13.7. The third-order valence-electron chi connectivity index (χ3n) is 4.66. The fourth-order valence-corrected chi connectivity index (χ4v) is 4.33. The van der Waals surface area contributed by atoms with Gasteiger partial charge < -0.3 is 14.6 Å². The lowest BCUT2D eigenvalue weighted by molar-refractivity contribution is -0.158. The van der Waals surface area contributed by atoms with Crippen LogP contribution in [0.1, 0.15) is 26.2 Å². The van der Waals surface area contributed by atoms with Gasteiger partial charge in [-0.2, -0.15) is 0 Å². The standard InChI is InChI=1S/C14H19BrO4/c1-2-3-4-18-11-5-9-10(15)6-13(11,7-16)12(17)14(9)8-19-14/h6,9,11,16H,2-5,7-8H2,1H3/t9?,11?,13?,14-/m0/s1. The number of hydrogen-bond acceptors (Lipinski definition) is 4. The number of ether oxygens (including phenoxy) is 2. The van der Waals surface area contributed by atoms with Gasteiger partial charge in [-0.3, -0.25) is 4.79 Å². The number of aliphatic hydroxyl groups is 1. The molecule has 5 heteroatoms. The van der Waals surface area contributed by atoms with Crippen LogP contribution in [0.3, 0.4) is 0 Å². The Bertz CT molecular complexity index is 429. The molecule has 1 spiro atoms. The largest absolute Gasteiger partial charge is 0.395 e. The molecule has 3 unspecified atom stereocenters. The molecule has 1 aliphatic heterocycles. The van der Waals surface area contributed by atoms with Crippen molar-refractivity contribution >= 4 is 21.7 Å². The van der Waals surface area contributed by atoms with E-state index in [-0.39, 0.29) is 24.4 Å². The van der Waals surface area contributed by atoms with Crippen LogP contribution in [0.2, 0.25) is 0 Å². The second-order valence-electron chi connectivity index (χ2n) is 5.74. The van der Waals surface area contributed by atoms with E-state index < -0.39 is 11.0 Å². The number of Topliss-reactive ketones (excluding diaryl/α,β-unsaturated/α-hetero) is 1. The zero-order valence-electron chi connectivity index (χ0n) is 11.0. The molecule has 0 aromatic carbocycles. The summed E-state index contributed by atoms with van der Waals surface area (Å²) < 4.78 is 12.3. The average Bonchev–Trinajstić information content (AvgIpc) is 3.19. The van der Waals surface area contributed by atoms with Crippen molar-refractivity contribution in [1.82, 2.24) is 0 Å². The summed E-state index contributed by atoms with van der Waals surface area (Å²) in [5, 5.41) is 9.82. The van der Waals surface area contributed by atoms with Crippen molar-refractivity contribution < 1.29 is 19.4 Å². The molecule has 1 saturated carbocycles. The molecule has 0 amide bonds. The number of aliphatic hydroxyl groups excluding tert-OH is 1. The maximum absolute atomic E-state index is 12.7. The molecular formula is C14H19BrO4. The zero-order valence-corrected chi connectivity index (χ0v) is 12.6. The van der Waals surface area contributed by atoms with E-state index in [1.54, 1.807) is 0 Å². The summed E-state index contributed by atoms with van der Waals surface area (Å²) >= 11 is 3.54. The summed E-state index contributed by atoms with van der Waals surface area (Å²) in [6, 6.07) is 0. The minimum Gasteiger partial charge on any atom is -0.395 e. The fraction of sp³-hybridized carbons (Fsp3) is 0.786. The highest BCUT2D eigenvalue weighted by Crippen LogP contribution is 2.59. The van der Waals surface area contributed by atoms with Gasteiger partial charge in [0.25, 0.3) is 0 Å². The van der Waals surface area contributed by atoms with Crippen LogP contribution in [-0.4, -0.2) is 42.4 Å². The first kappa shape index (κ1) is 13.7. The Kier molecular flexibility index (Phi) is 3.37.